The fourth-order valence-corrected chi connectivity index (χ4v) is 8.45. The van der Waals surface area contributed by atoms with E-state index in [4.69, 9.17) is 4.74 Å². The number of halogens is 2. The van der Waals surface area contributed by atoms with Crippen LogP contribution in [0.25, 0.3) is 21.9 Å². The molecule has 0 spiro atoms. The molecule has 6 aromatic rings. The summed E-state index contributed by atoms with van der Waals surface area (Å²) >= 11 is 0. The predicted molar refractivity (Wildman–Crippen MR) is 228 cm³/mol. The molecule has 3 amide bonds. The van der Waals surface area contributed by atoms with Crippen LogP contribution in [0, 0.1) is 23.5 Å². The van der Waals surface area contributed by atoms with Crippen LogP contribution in [0.5, 0.6) is 0 Å². The smallest absolute Gasteiger partial charge is 0.258 e. The third-order valence-corrected chi connectivity index (χ3v) is 11.7. The lowest BCUT2D eigenvalue weighted by Gasteiger charge is -2.36. The highest BCUT2D eigenvalue weighted by Gasteiger charge is 2.29. The Balaban J connectivity index is 0.845. The Morgan fingerprint density at radius 2 is 1.74 bits per heavy atom. The van der Waals surface area contributed by atoms with Crippen LogP contribution in [0.3, 0.4) is 0 Å². The first-order valence-corrected chi connectivity index (χ1v) is 20.7. The summed E-state index contributed by atoms with van der Waals surface area (Å²) < 4.78 is 35.2. The summed E-state index contributed by atoms with van der Waals surface area (Å²) in [5.74, 6) is 4.87. The minimum atomic E-state index is -0.629. The van der Waals surface area contributed by atoms with Gasteiger partial charge in [-0.05, 0) is 91.4 Å². The molecule has 4 aromatic carbocycles. The van der Waals surface area contributed by atoms with Crippen molar-refractivity contribution in [3.8, 4) is 11.8 Å². The highest BCUT2D eigenvalue weighted by molar-refractivity contribution is 6.11. The monoisotopic (exact) mass is 825 g/mol. The minimum absolute atomic E-state index is 0.156. The second-order valence-electron chi connectivity index (χ2n) is 15.8. The van der Waals surface area contributed by atoms with Crippen LogP contribution in [-0.2, 0) is 20.7 Å². The number of amides is 3. The number of anilines is 3. The number of carbonyl (C=O) groups is 3. The average molecular weight is 826 g/mol. The Bertz CT molecular complexity index is 2670. The van der Waals surface area contributed by atoms with Gasteiger partial charge >= 0.3 is 0 Å². The second-order valence-corrected chi connectivity index (χ2v) is 15.8. The fraction of sp³-hybridized carbons (Fsp3) is 0.326. The number of benzene rings is 4. The van der Waals surface area contributed by atoms with Crippen molar-refractivity contribution in [2.45, 2.75) is 50.6 Å². The molecule has 0 aliphatic carbocycles. The molecule has 2 aromatic heterocycles. The highest BCUT2D eigenvalue weighted by atomic mass is 19.1. The maximum atomic E-state index is 14.0. The number of nitrogens with zero attached hydrogens (tertiary/aromatic N) is 5. The van der Waals surface area contributed by atoms with Gasteiger partial charge in [-0.25, -0.2) is 13.8 Å². The zero-order chi connectivity index (χ0) is 41.9. The van der Waals surface area contributed by atoms with Crippen LogP contribution in [-0.4, -0.2) is 94.3 Å². The molecule has 3 saturated heterocycles. The van der Waals surface area contributed by atoms with Crippen molar-refractivity contribution < 1.29 is 27.9 Å². The van der Waals surface area contributed by atoms with E-state index >= 15 is 0 Å². The number of rotatable bonds is 10. The fourth-order valence-electron chi connectivity index (χ4n) is 8.45. The number of nitrogens with one attached hydrogen (secondary N) is 4. The number of hydrogen-bond donors (Lipinski definition) is 4. The Morgan fingerprint density at radius 3 is 2.54 bits per heavy atom. The number of hydrogen-bond acceptors (Lipinski definition) is 9. The van der Waals surface area contributed by atoms with Crippen molar-refractivity contribution in [2.75, 3.05) is 61.5 Å². The van der Waals surface area contributed by atoms with E-state index in [1.165, 1.54) is 12.1 Å². The van der Waals surface area contributed by atoms with E-state index in [-0.39, 0.29) is 23.8 Å². The Morgan fingerprint density at radius 1 is 0.918 bits per heavy atom. The number of imide groups is 1. The van der Waals surface area contributed by atoms with Crippen molar-refractivity contribution in [3.05, 3.63) is 113 Å². The quantitative estimate of drug-likeness (QED) is 0.0941. The molecule has 312 valence electrons. The van der Waals surface area contributed by atoms with Crippen LogP contribution in [0.1, 0.15) is 65.2 Å². The van der Waals surface area contributed by atoms with E-state index < -0.39 is 17.7 Å². The van der Waals surface area contributed by atoms with Gasteiger partial charge in [0.25, 0.3) is 5.91 Å². The maximum absolute atomic E-state index is 14.0. The summed E-state index contributed by atoms with van der Waals surface area (Å²) in [6.45, 7) is 5.48. The molecule has 3 aliphatic heterocycles. The van der Waals surface area contributed by atoms with Gasteiger partial charge in [-0.15, -0.1) is 0 Å². The normalized spacial score (nSPS) is 17.6. The summed E-state index contributed by atoms with van der Waals surface area (Å²) in [6, 6.07) is 20.4. The van der Waals surface area contributed by atoms with E-state index in [0.29, 0.717) is 61.2 Å². The van der Waals surface area contributed by atoms with E-state index in [9.17, 15) is 23.2 Å². The lowest BCUT2D eigenvalue weighted by atomic mass is 10.0. The topological polar surface area (TPSA) is 150 Å². The minimum Gasteiger partial charge on any atom is -0.381 e. The third-order valence-electron chi connectivity index (χ3n) is 11.7. The maximum Gasteiger partial charge on any atom is 0.258 e. The molecule has 0 saturated carbocycles. The van der Waals surface area contributed by atoms with Crippen LogP contribution < -0.4 is 20.9 Å². The van der Waals surface area contributed by atoms with Crippen molar-refractivity contribution in [3.63, 3.8) is 0 Å². The van der Waals surface area contributed by atoms with Gasteiger partial charge in [-0.2, -0.15) is 5.10 Å². The van der Waals surface area contributed by atoms with Gasteiger partial charge < -0.3 is 24.8 Å². The first-order valence-electron chi connectivity index (χ1n) is 20.7. The van der Waals surface area contributed by atoms with E-state index in [1.807, 2.05) is 53.1 Å². The van der Waals surface area contributed by atoms with Crippen LogP contribution in [0.15, 0.2) is 79.1 Å². The van der Waals surface area contributed by atoms with Crippen molar-refractivity contribution in [2.24, 2.45) is 0 Å². The molecule has 0 radical (unpaired) electrons. The summed E-state index contributed by atoms with van der Waals surface area (Å²) in [7, 11) is 0. The molecular formula is C46H45F2N9O4. The highest BCUT2D eigenvalue weighted by Crippen LogP contribution is 2.30. The molecule has 0 bridgehead atoms. The molecule has 4 N–H and O–H groups in total. The van der Waals surface area contributed by atoms with Crippen LogP contribution >= 0.6 is 0 Å². The molecular weight excluding hydrogens is 781 g/mol. The Hall–Kier alpha value is -6.63. The van der Waals surface area contributed by atoms with Gasteiger partial charge in [0.1, 0.15) is 23.2 Å². The number of carbonyl (C=O) groups excluding carboxylic acids is 3. The largest absolute Gasteiger partial charge is 0.381 e. The van der Waals surface area contributed by atoms with Gasteiger partial charge in [-0.3, -0.25) is 29.7 Å². The molecule has 3 aliphatic rings. The SMILES string of the molecule is O=C1CCC(n2cnc3c(C#CCCN4CCN(c5ccc(C(=O)Nc6n[nH]c7ccc(Cc8cc(F)cc(F)c8)cc67)c(NC6CCOCC6)c5)CC4)cccc32)C(=O)N1. The third kappa shape index (κ3) is 8.96. The number of aromatic amines is 1. The number of piperidine rings is 1. The first-order chi connectivity index (χ1) is 29.7. The van der Waals surface area contributed by atoms with Crippen molar-refractivity contribution in [1.29, 1.82) is 0 Å². The molecule has 1 unspecified atom stereocenters. The van der Waals surface area contributed by atoms with Crippen LogP contribution in [0.4, 0.5) is 26.0 Å². The second kappa shape index (κ2) is 17.5. The zero-order valence-electron chi connectivity index (χ0n) is 33.5. The van der Waals surface area contributed by atoms with Crippen molar-refractivity contribution in [1.82, 2.24) is 30.0 Å². The molecule has 3 fully saturated rings. The summed E-state index contributed by atoms with van der Waals surface area (Å²) in [6.07, 6.45) is 5.06. The zero-order valence-corrected chi connectivity index (χ0v) is 33.5. The van der Waals surface area contributed by atoms with Gasteiger partial charge in [0.05, 0.1) is 28.5 Å². The first kappa shape index (κ1) is 39.8. The summed E-state index contributed by atoms with van der Waals surface area (Å²) in [5.41, 5.74) is 6.67. The summed E-state index contributed by atoms with van der Waals surface area (Å²) in [4.78, 5) is 47.5. The number of piperazine rings is 1. The molecule has 1 atom stereocenters. The number of para-hydroxylation sites is 1. The number of ether oxygens (including phenoxy) is 1. The van der Waals surface area contributed by atoms with Crippen molar-refractivity contribution >= 4 is 56.9 Å². The van der Waals surface area contributed by atoms with Gasteiger partial charge in [0.15, 0.2) is 5.82 Å². The van der Waals surface area contributed by atoms with E-state index in [2.05, 4.69) is 58.8 Å². The molecule has 61 heavy (non-hydrogen) atoms. The van der Waals surface area contributed by atoms with Gasteiger partial charge in [-0.1, -0.05) is 24.0 Å². The summed E-state index contributed by atoms with van der Waals surface area (Å²) in [5, 5.41) is 17.1. The molecule has 13 nitrogen and oxygen atoms in total. The average Bonchev–Trinajstić information content (AvgIpc) is 3.87. The number of aromatic nitrogens is 4. The van der Waals surface area contributed by atoms with Crippen LogP contribution in [0.2, 0.25) is 0 Å². The predicted octanol–water partition coefficient (Wildman–Crippen LogP) is 6.17. The number of fused-ring (bicyclic) bond motifs is 2. The Labute approximate surface area is 350 Å². The Kier molecular flexibility index (Phi) is 11.4. The standard InChI is InChI=1S/C46H45F2N9O4/c47-32-23-30(24-33(48)26-32)22-29-7-10-38-37(25-29)44(54-53-38)52-45(59)36-9-8-35(27-39(36)50-34-13-20-61-21-14-34)56-18-16-55(17-19-56)15-2-1-4-31-5-3-6-40-43(31)49-28-57(40)41-11-12-42(58)51-46(41)60/h3,5-10,23-28,34,41,50H,2,11-22H2,(H,51,58,60)(H2,52,53,54,59). The molecule has 5 heterocycles. The lowest BCUT2D eigenvalue weighted by Crippen LogP contribution is -2.46. The van der Waals surface area contributed by atoms with Gasteiger partial charge in [0, 0.05) is 87.6 Å². The number of H-pyrrole nitrogens is 1. The molecule has 9 rings (SSSR count). The van der Waals surface area contributed by atoms with E-state index in [0.717, 1.165) is 90.7 Å². The van der Waals surface area contributed by atoms with E-state index in [1.54, 1.807) is 6.33 Å². The molecule has 15 heteroatoms. The van der Waals surface area contributed by atoms with Gasteiger partial charge in [0.2, 0.25) is 11.8 Å². The lowest BCUT2D eigenvalue weighted by molar-refractivity contribution is -0.135. The number of imidazole rings is 1.